The summed E-state index contributed by atoms with van der Waals surface area (Å²) in [4.78, 5) is 52.4. The lowest BCUT2D eigenvalue weighted by Gasteiger charge is -2.21. The second kappa shape index (κ2) is 15.5. The fourth-order valence-electron chi connectivity index (χ4n) is 6.17. The zero-order valence-corrected chi connectivity index (χ0v) is 29.9. The first-order chi connectivity index (χ1) is 21.6. The van der Waals surface area contributed by atoms with Crippen LogP contribution in [0.2, 0.25) is 30.1 Å². The molecule has 2 fully saturated rings. The van der Waals surface area contributed by atoms with Gasteiger partial charge in [-0.1, -0.05) is 123 Å². The largest absolute Gasteiger partial charge is 0.462 e. The minimum Gasteiger partial charge on any atom is -0.462 e. The molecule has 0 heterocycles. The van der Waals surface area contributed by atoms with Gasteiger partial charge in [0.1, 0.15) is 11.1 Å². The number of benzene rings is 2. The number of esters is 4. The van der Waals surface area contributed by atoms with Crippen molar-refractivity contribution in [2.75, 3.05) is 13.2 Å². The van der Waals surface area contributed by atoms with Gasteiger partial charge < -0.3 is 18.9 Å². The normalized spacial score (nSPS) is 24.0. The molecule has 46 heavy (non-hydrogen) atoms. The van der Waals surface area contributed by atoms with Gasteiger partial charge in [-0.2, -0.15) is 0 Å². The molecule has 0 amide bonds. The second-order valence-electron chi connectivity index (χ2n) is 12.1. The minimum absolute atomic E-state index is 0.0876. The summed E-state index contributed by atoms with van der Waals surface area (Å²) < 4.78 is 21.5. The van der Waals surface area contributed by atoms with E-state index < -0.39 is 46.5 Å². The Bertz CT molecular complexity index is 1410. The molecule has 4 rings (SSSR count). The van der Waals surface area contributed by atoms with Gasteiger partial charge in [-0.3, -0.25) is 0 Å². The average Bonchev–Trinajstić information content (AvgIpc) is 3.49. The summed E-state index contributed by atoms with van der Waals surface area (Å²) in [5.74, 6) is -4.79. The van der Waals surface area contributed by atoms with E-state index in [1.54, 1.807) is 0 Å². The van der Waals surface area contributed by atoms with Crippen LogP contribution >= 0.6 is 69.6 Å². The van der Waals surface area contributed by atoms with Crippen LogP contribution in [0.1, 0.15) is 74.1 Å². The fraction of sp³-hybridized carbons (Fsp3) is 0.500. The highest BCUT2D eigenvalue weighted by Crippen LogP contribution is 2.43. The molecule has 250 valence electrons. The van der Waals surface area contributed by atoms with Gasteiger partial charge in [-0.25, -0.2) is 19.2 Å². The van der Waals surface area contributed by atoms with Gasteiger partial charge in [0.05, 0.1) is 43.3 Å². The summed E-state index contributed by atoms with van der Waals surface area (Å²) >= 11 is 37.5. The number of halogens is 6. The van der Waals surface area contributed by atoms with Crippen LogP contribution in [0.4, 0.5) is 0 Å². The maximum absolute atomic E-state index is 13.2. The van der Waals surface area contributed by atoms with Crippen LogP contribution in [0.25, 0.3) is 0 Å². The molecule has 0 aliphatic heterocycles. The highest BCUT2D eigenvalue weighted by molar-refractivity contribution is 6.47. The Morgan fingerprint density at radius 1 is 0.565 bits per heavy atom. The summed E-state index contributed by atoms with van der Waals surface area (Å²) in [5.41, 5.74) is -0.906. The monoisotopic (exact) mass is 754 g/mol. The van der Waals surface area contributed by atoms with Gasteiger partial charge in [0, 0.05) is 0 Å². The van der Waals surface area contributed by atoms with Gasteiger partial charge in [0.15, 0.2) is 11.5 Å². The molecule has 2 aromatic carbocycles. The van der Waals surface area contributed by atoms with Crippen molar-refractivity contribution < 1.29 is 38.1 Å². The highest BCUT2D eigenvalue weighted by Gasteiger charge is 2.36. The van der Waals surface area contributed by atoms with Crippen LogP contribution < -0.4 is 9.47 Å². The van der Waals surface area contributed by atoms with E-state index in [1.807, 2.05) is 0 Å². The lowest BCUT2D eigenvalue weighted by Crippen LogP contribution is -2.28. The van der Waals surface area contributed by atoms with E-state index in [9.17, 15) is 19.2 Å². The molecule has 8 nitrogen and oxygen atoms in total. The van der Waals surface area contributed by atoms with Crippen molar-refractivity contribution in [3.63, 3.8) is 0 Å². The predicted molar refractivity (Wildman–Crippen MR) is 177 cm³/mol. The summed E-state index contributed by atoms with van der Waals surface area (Å²) in [6.07, 6.45) is 4.00. The van der Waals surface area contributed by atoms with Crippen LogP contribution in [-0.2, 0) is 19.1 Å². The molecule has 2 aliphatic rings. The number of hydrogen-bond acceptors (Lipinski definition) is 8. The maximum atomic E-state index is 13.2. The van der Waals surface area contributed by atoms with Crippen molar-refractivity contribution in [3.05, 3.63) is 53.4 Å². The van der Waals surface area contributed by atoms with Gasteiger partial charge in [0.25, 0.3) is 0 Å². The van der Waals surface area contributed by atoms with Crippen molar-refractivity contribution in [2.24, 2.45) is 35.5 Å². The highest BCUT2D eigenvalue weighted by atomic mass is 35.5. The molecule has 2 aliphatic carbocycles. The molecule has 2 aromatic rings. The van der Waals surface area contributed by atoms with E-state index in [4.69, 9.17) is 88.6 Å². The Kier molecular flexibility index (Phi) is 12.4. The number of carbonyl (C=O) groups excluding carboxylic acids is 4. The van der Waals surface area contributed by atoms with E-state index in [-0.39, 0.29) is 55.2 Å². The number of ether oxygens (including phenoxy) is 4. The molecule has 4 atom stereocenters. The van der Waals surface area contributed by atoms with Crippen molar-refractivity contribution >= 4 is 93.5 Å². The van der Waals surface area contributed by atoms with E-state index >= 15 is 0 Å². The second-order valence-corrected chi connectivity index (χ2v) is 14.5. The third-order valence-electron chi connectivity index (χ3n) is 9.11. The third kappa shape index (κ3) is 8.01. The van der Waals surface area contributed by atoms with Gasteiger partial charge in [-0.05, 0) is 47.6 Å². The van der Waals surface area contributed by atoms with Gasteiger partial charge >= 0.3 is 23.9 Å². The summed E-state index contributed by atoms with van der Waals surface area (Å²) in [5, 5.41) is -1.45. The Labute approximate surface area is 297 Å². The van der Waals surface area contributed by atoms with Crippen LogP contribution in [0.3, 0.4) is 0 Å². The summed E-state index contributed by atoms with van der Waals surface area (Å²) in [6, 6.07) is 2.26. The smallest absolute Gasteiger partial charge is 0.423 e. The topological polar surface area (TPSA) is 105 Å². The first-order valence-corrected chi connectivity index (χ1v) is 17.0. The van der Waals surface area contributed by atoms with Crippen molar-refractivity contribution in [2.45, 2.75) is 53.4 Å². The zero-order chi connectivity index (χ0) is 34.0. The first-order valence-electron chi connectivity index (χ1n) is 14.7. The number of hydrogen-bond donors (Lipinski definition) is 0. The minimum atomic E-state index is -1.64. The van der Waals surface area contributed by atoms with E-state index in [2.05, 4.69) is 27.7 Å². The third-order valence-corrected chi connectivity index (χ3v) is 11.2. The molecule has 14 heteroatoms. The quantitative estimate of drug-likeness (QED) is 0.114. The molecule has 2 saturated carbocycles. The summed E-state index contributed by atoms with van der Waals surface area (Å²) in [7, 11) is 0. The molecule has 4 unspecified atom stereocenters. The molecule has 0 bridgehead atoms. The molecule has 0 N–H and O–H groups in total. The lowest BCUT2D eigenvalue weighted by molar-refractivity contribution is -0.156. The molecular formula is C32H32Cl6O8. The standard InChI is InChI=1S/C32H32Cl6O8/c1-13-5-6-14(2)17(13)11-43-29(39)23-25(37)19(33)9-21(35)27(23)45-31(41)32(42)46-28-22(36)10-20(34)26(38)24(28)30(40)44-12-18-15(3)7-8-16(18)4/h9-10,13-18H,5-8,11-12H2,1-4H3. The Morgan fingerprint density at radius 3 is 1.17 bits per heavy atom. The molecular weight excluding hydrogens is 725 g/mol. The van der Waals surface area contributed by atoms with Gasteiger partial charge in [-0.15, -0.1) is 0 Å². The lowest BCUT2D eigenvalue weighted by atomic mass is 9.93. The van der Waals surface area contributed by atoms with E-state index in [0.717, 1.165) is 37.8 Å². The van der Waals surface area contributed by atoms with Crippen molar-refractivity contribution in [1.82, 2.24) is 0 Å². The van der Waals surface area contributed by atoms with E-state index in [0.29, 0.717) is 23.7 Å². The van der Waals surface area contributed by atoms with Crippen LogP contribution in [0, 0.1) is 35.5 Å². The Balaban J connectivity index is 1.55. The van der Waals surface area contributed by atoms with Crippen molar-refractivity contribution in [1.29, 1.82) is 0 Å². The fourth-order valence-corrected chi connectivity index (χ4v) is 7.60. The van der Waals surface area contributed by atoms with E-state index in [1.165, 1.54) is 0 Å². The molecule has 0 spiro atoms. The van der Waals surface area contributed by atoms with Crippen LogP contribution in [0.15, 0.2) is 12.1 Å². The zero-order valence-electron chi connectivity index (χ0n) is 25.4. The van der Waals surface area contributed by atoms with Crippen LogP contribution in [0.5, 0.6) is 11.5 Å². The van der Waals surface area contributed by atoms with Crippen LogP contribution in [-0.4, -0.2) is 37.1 Å². The molecule has 0 aromatic heterocycles. The molecule has 0 saturated heterocycles. The molecule has 0 radical (unpaired) electrons. The van der Waals surface area contributed by atoms with Gasteiger partial charge in [0.2, 0.25) is 0 Å². The maximum Gasteiger partial charge on any atom is 0.423 e. The predicted octanol–water partition coefficient (Wildman–Crippen LogP) is 9.80. The first kappa shape index (κ1) is 36.9. The Hall–Kier alpha value is -1.94. The summed E-state index contributed by atoms with van der Waals surface area (Å²) in [6.45, 7) is 8.48. The average molecular weight is 757 g/mol. The Morgan fingerprint density at radius 2 is 0.870 bits per heavy atom. The number of carbonyl (C=O) groups is 4. The number of rotatable bonds is 8. The SMILES string of the molecule is CC1CCC(C)C1COC(=O)c1c(Cl)c(Cl)cc(Cl)c1OC(=O)C(=O)Oc1c(Cl)cc(Cl)c(Cl)c1C(=O)OCC1C(C)CCC1C. The van der Waals surface area contributed by atoms with Crippen molar-refractivity contribution in [3.8, 4) is 11.5 Å².